The quantitative estimate of drug-likeness (QED) is 0.871. The van der Waals surface area contributed by atoms with Crippen molar-refractivity contribution in [3.8, 4) is 0 Å². The van der Waals surface area contributed by atoms with Gasteiger partial charge in [0.2, 0.25) is 0 Å². The number of nitrogens with two attached hydrogens (primary N) is 1. The lowest BCUT2D eigenvalue weighted by Crippen LogP contribution is -1.96. The van der Waals surface area contributed by atoms with Crippen LogP contribution in [0.4, 0.5) is 5.69 Å². The first-order valence-corrected chi connectivity index (χ1v) is 7.20. The molecule has 1 aromatic heterocycles. The summed E-state index contributed by atoms with van der Waals surface area (Å²) in [5, 5.41) is 2.52. The number of halogens is 1. The van der Waals surface area contributed by atoms with E-state index in [1.807, 2.05) is 17.5 Å². The van der Waals surface area contributed by atoms with Crippen LogP contribution in [0, 0.1) is 0 Å². The molecule has 1 heterocycles. The van der Waals surface area contributed by atoms with Gasteiger partial charge in [0.25, 0.3) is 0 Å². The lowest BCUT2D eigenvalue weighted by atomic mass is 10.2. The molecule has 0 saturated carbocycles. The van der Waals surface area contributed by atoms with Crippen molar-refractivity contribution in [3.63, 3.8) is 0 Å². The zero-order valence-electron chi connectivity index (χ0n) is 8.35. The van der Waals surface area contributed by atoms with Crippen molar-refractivity contribution in [2.75, 3.05) is 5.73 Å². The first-order chi connectivity index (χ1) is 7.66. The Morgan fingerprint density at radius 2 is 2.19 bits per heavy atom. The maximum absolute atomic E-state index is 12.0. The molecule has 0 spiro atoms. The fourth-order valence-electron chi connectivity index (χ4n) is 1.31. The number of benzene rings is 1. The van der Waals surface area contributed by atoms with Crippen LogP contribution in [0.1, 0.15) is 5.56 Å². The predicted molar refractivity (Wildman–Crippen MR) is 70.3 cm³/mol. The van der Waals surface area contributed by atoms with Crippen molar-refractivity contribution in [3.05, 3.63) is 46.3 Å². The fourth-order valence-corrected chi connectivity index (χ4v) is 3.69. The first-order valence-electron chi connectivity index (χ1n) is 4.62. The Hall–Kier alpha value is -0.840. The van der Waals surface area contributed by atoms with E-state index < -0.39 is 10.8 Å². The summed E-state index contributed by atoms with van der Waals surface area (Å²) in [7, 11) is -1.04. The highest BCUT2D eigenvalue weighted by Crippen LogP contribution is 2.23. The number of hydrogen-bond donors (Lipinski definition) is 1. The summed E-state index contributed by atoms with van der Waals surface area (Å²) in [4.78, 5) is 0. The maximum atomic E-state index is 12.0. The molecule has 0 aliphatic carbocycles. The van der Waals surface area contributed by atoms with Crippen LogP contribution in [0.5, 0.6) is 0 Å². The molecule has 0 amide bonds. The molecule has 0 fully saturated rings. The van der Waals surface area contributed by atoms with Gasteiger partial charge in [0, 0.05) is 10.7 Å². The van der Waals surface area contributed by atoms with Gasteiger partial charge in [0.15, 0.2) is 0 Å². The van der Waals surface area contributed by atoms with Crippen LogP contribution < -0.4 is 5.73 Å². The lowest BCUT2D eigenvalue weighted by molar-refractivity contribution is 0.684. The van der Waals surface area contributed by atoms with Crippen molar-refractivity contribution in [1.82, 2.24) is 0 Å². The number of anilines is 1. The molecule has 0 saturated heterocycles. The van der Waals surface area contributed by atoms with Crippen LogP contribution >= 0.6 is 22.9 Å². The Kier molecular flexibility index (Phi) is 3.63. The molecular weight excluding hydrogens is 262 g/mol. The summed E-state index contributed by atoms with van der Waals surface area (Å²) < 4.78 is 12.8. The molecule has 0 bridgehead atoms. The van der Waals surface area contributed by atoms with Gasteiger partial charge in [-0.15, -0.1) is 11.3 Å². The molecule has 2 aromatic rings. The first kappa shape index (κ1) is 11.6. The molecule has 5 heteroatoms. The molecule has 0 aliphatic rings. The SMILES string of the molecule is Nc1ccc(Cl)c(CS(=O)c2cccs2)c1. The van der Waals surface area contributed by atoms with Crippen LogP contribution in [0.3, 0.4) is 0 Å². The minimum Gasteiger partial charge on any atom is -0.399 e. The summed E-state index contributed by atoms with van der Waals surface area (Å²) in [6, 6.07) is 8.99. The number of thiophene rings is 1. The van der Waals surface area contributed by atoms with Crippen molar-refractivity contribution in [1.29, 1.82) is 0 Å². The van der Waals surface area contributed by atoms with E-state index in [4.69, 9.17) is 17.3 Å². The molecule has 0 radical (unpaired) electrons. The molecule has 1 atom stereocenters. The second kappa shape index (κ2) is 4.99. The third-order valence-corrected chi connectivity index (χ3v) is 5.11. The lowest BCUT2D eigenvalue weighted by Gasteiger charge is -2.04. The Balaban J connectivity index is 2.21. The average molecular weight is 272 g/mol. The molecular formula is C11H10ClNOS2. The number of rotatable bonds is 3. The molecule has 84 valence electrons. The van der Waals surface area contributed by atoms with Gasteiger partial charge < -0.3 is 5.73 Å². The van der Waals surface area contributed by atoms with Gasteiger partial charge in [-0.25, -0.2) is 0 Å². The zero-order chi connectivity index (χ0) is 11.5. The van der Waals surface area contributed by atoms with Gasteiger partial charge in [-0.1, -0.05) is 17.7 Å². The summed E-state index contributed by atoms with van der Waals surface area (Å²) in [5.41, 5.74) is 7.14. The third kappa shape index (κ3) is 2.64. The second-order valence-corrected chi connectivity index (χ2v) is 6.31. The standard InChI is InChI=1S/C11H10ClNOS2/c12-10-4-3-9(13)6-8(10)7-16(14)11-2-1-5-15-11/h1-6H,7,13H2. The van der Waals surface area contributed by atoms with E-state index in [1.165, 1.54) is 11.3 Å². The predicted octanol–water partition coefficient (Wildman–Crippen LogP) is 3.29. The van der Waals surface area contributed by atoms with E-state index in [2.05, 4.69) is 0 Å². The Morgan fingerprint density at radius 1 is 1.38 bits per heavy atom. The number of nitrogen functional groups attached to an aromatic ring is 1. The second-order valence-electron chi connectivity index (χ2n) is 3.27. The topological polar surface area (TPSA) is 43.1 Å². The monoisotopic (exact) mass is 271 g/mol. The van der Waals surface area contributed by atoms with Crippen molar-refractivity contribution >= 4 is 39.4 Å². The van der Waals surface area contributed by atoms with Crippen LogP contribution in [0.25, 0.3) is 0 Å². The van der Waals surface area contributed by atoms with E-state index in [0.717, 1.165) is 9.77 Å². The van der Waals surface area contributed by atoms with Gasteiger partial charge in [0.05, 0.1) is 20.8 Å². The fraction of sp³-hybridized carbons (Fsp3) is 0.0909. The molecule has 2 rings (SSSR count). The minimum atomic E-state index is -1.04. The highest BCUT2D eigenvalue weighted by Gasteiger charge is 2.09. The van der Waals surface area contributed by atoms with E-state index in [9.17, 15) is 4.21 Å². The Bertz CT molecular complexity index is 511. The van der Waals surface area contributed by atoms with E-state index in [-0.39, 0.29) is 0 Å². The van der Waals surface area contributed by atoms with Crippen molar-refractivity contribution < 1.29 is 4.21 Å². The summed E-state index contributed by atoms with van der Waals surface area (Å²) >= 11 is 7.50. The maximum Gasteiger partial charge on any atom is 0.0913 e. The van der Waals surface area contributed by atoms with Gasteiger partial charge in [-0.3, -0.25) is 4.21 Å². The average Bonchev–Trinajstić information content (AvgIpc) is 2.76. The van der Waals surface area contributed by atoms with Gasteiger partial charge in [-0.2, -0.15) is 0 Å². The van der Waals surface area contributed by atoms with Crippen LogP contribution in [0.15, 0.2) is 39.9 Å². The summed E-state index contributed by atoms with van der Waals surface area (Å²) in [6.45, 7) is 0. The summed E-state index contributed by atoms with van der Waals surface area (Å²) in [5.74, 6) is 0.407. The molecule has 16 heavy (non-hydrogen) atoms. The molecule has 2 nitrogen and oxygen atoms in total. The molecule has 0 aliphatic heterocycles. The molecule has 1 unspecified atom stereocenters. The Morgan fingerprint density at radius 3 is 2.88 bits per heavy atom. The highest BCUT2D eigenvalue weighted by atomic mass is 35.5. The van der Waals surface area contributed by atoms with Gasteiger partial charge in [0.1, 0.15) is 0 Å². The normalized spacial score (nSPS) is 12.6. The highest BCUT2D eigenvalue weighted by molar-refractivity contribution is 7.86. The summed E-state index contributed by atoms with van der Waals surface area (Å²) in [6.07, 6.45) is 0. The van der Waals surface area contributed by atoms with E-state index in [0.29, 0.717) is 16.5 Å². The third-order valence-electron chi connectivity index (χ3n) is 2.08. The smallest absolute Gasteiger partial charge is 0.0913 e. The molecule has 1 aromatic carbocycles. The largest absolute Gasteiger partial charge is 0.399 e. The van der Waals surface area contributed by atoms with Crippen LogP contribution in [0.2, 0.25) is 5.02 Å². The van der Waals surface area contributed by atoms with Gasteiger partial charge in [-0.05, 0) is 35.2 Å². The van der Waals surface area contributed by atoms with Crippen LogP contribution in [-0.4, -0.2) is 4.21 Å². The van der Waals surface area contributed by atoms with E-state index >= 15 is 0 Å². The van der Waals surface area contributed by atoms with E-state index in [1.54, 1.807) is 18.2 Å². The minimum absolute atomic E-state index is 0.407. The van der Waals surface area contributed by atoms with Crippen molar-refractivity contribution in [2.45, 2.75) is 9.96 Å². The van der Waals surface area contributed by atoms with Crippen molar-refractivity contribution in [2.24, 2.45) is 0 Å². The van der Waals surface area contributed by atoms with Gasteiger partial charge >= 0.3 is 0 Å². The van der Waals surface area contributed by atoms with Crippen LogP contribution in [-0.2, 0) is 16.6 Å². The zero-order valence-corrected chi connectivity index (χ0v) is 10.7. The number of hydrogen-bond acceptors (Lipinski definition) is 3. The molecule has 2 N–H and O–H groups in total. The Labute approximate surface area is 106 Å².